The Balaban J connectivity index is 2.33. The second kappa shape index (κ2) is 3.96. The molecule has 2 rings (SSSR count). The van der Waals surface area contributed by atoms with E-state index in [9.17, 15) is 4.79 Å². The molecule has 1 heterocycles. The molecule has 15 heavy (non-hydrogen) atoms. The van der Waals surface area contributed by atoms with Crippen LogP contribution in [0.5, 0.6) is 0 Å². The predicted molar refractivity (Wildman–Crippen MR) is 58.5 cm³/mol. The summed E-state index contributed by atoms with van der Waals surface area (Å²) in [5.41, 5.74) is 6.50. The van der Waals surface area contributed by atoms with Gasteiger partial charge in [0.25, 0.3) is 5.56 Å². The van der Waals surface area contributed by atoms with Crippen molar-refractivity contribution in [2.45, 2.75) is 6.54 Å². The quantitative estimate of drug-likeness (QED) is 0.784. The fourth-order valence-electron chi connectivity index (χ4n) is 1.34. The van der Waals surface area contributed by atoms with E-state index < -0.39 is 0 Å². The van der Waals surface area contributed by atoms with Crippen molar-refractivity contribution >= 4 is 5.69 Å². The van der Waals surface area contributed by atoms with Crippen LogP contribution in [-0.2, 0) is 6.54 Å². The molecule has 2 aromatic rings. The van der Waals surface area contributed by atoms with Crippen LogP contribution < -0.4 is 11.3 Å². The summed E-state index contributed by atoms with van der Waals surface area (Å²) in [6.45, 7) is 0.449. The maximum Gasteiger partial charge on any atom is 0.290 e. The molecule has 0 radical (unpaired) electrons. The first-order chi connectivity index (χ1) is 7.27. The molecule has 0 aliphatic heterocycles. The van der Waals surface area contributed by atoms with Crippen LogP contribution in [-0.4, -0.2) is 9.78 Å². The summed E-state index contributed by atoms with van der Waals surface area (Å²) in [6.07, 6.45) is 1.53. The van der Waals surface area contributed by atoms with Crippen LogP contribution in [0.2, 0.25) is 0 Å². The highest BCUT2D eigenvalue weighted by molar-refractivity contribution is 5.32. The van der Waals surface area contributed by atoms with E-state index in [1.807, 2.05) is 30.3 Å². The van der Waals surface area contributed by atoms with Gasteiger partial charge in [-0.25, -0.2) is 4.68 Å². The molecule has 2 N–H and O–H groups in total. The molecule has 1 aromatic heterocycles. The maximum absolute atomic E-state index is 11.5. The molecular formula is C11H11N3O. The normalized spacial score (nSPS) is 10.1. The Morgan fingerprint density at radius 2 is 1.93 bits per heavy atom. The first-order valence-electron chi connectivity index (χ1n) is 4.63. The van der Waals surface area contributed by atoms with Gasteiger partial charge >= 0.3 is 0 Å². The third-order valence-electron chi connectivity index (χ3n) is 2.12. The topological polar surface area (TPSA) is 60.9 Å². The molecule has 0 saturated heterocycles. The van der Waals surface area contributed by atoms with Crippen LogP contribution in [0.3, 0.4) is 0 Å². The molecule has 0 aliphatic rings. The molecule has 0 fully saturated rings. The van der Waals surface area contributed by atoms with Crippen molar-refractivity contribution in [3.63, 3.8) is 0 Å². The molecule has 0 bridgehead atoms. The minimum atomic E-state index is -0.249. The van der Waals surface area contributed by atoms with Gasteiger partial charge in [0.15, 0.2) is 0 Å². The number of hydrogen-bond donors (Lipinski definition) is 1. The Hall–Kier alpha value is -2.10. The molecule has 0 unspecified atom stereocenters. The van der Waals surface area contributed by atoms with Crippen molar-refractivity contribution in [3.8, 4) is 0 Å². The van der Waals surface area contributed by atoms with Gasteiger partial charge in [-0.05, 0) is 11.6 Å². The minimum absolute atomic E-state index is 0.223. The van der Waals surface area contributed by atoms with Crippen molar-refractivity contribution in [3.05, 3.63) is 58.5 Å². The van der Waals surface area contributed by atoms with Crippen molar-refractivity contribution in [2.24, 2.45) is 0 Å². The summed E-state index contributed by atoms with van der Waals surface area (Å²) in [5, 5.41) is 3.96. The third kappa shape index (κ3) is 2.04. The second-order valence-electron chi connectivity index (χ2n) is 3.23. The molecule has 0 saturated carbocycles. The highest BCUT2D eigenvalue weighted by atomic mass is 16.1. The van der Waals surface area contributed by atoms with E-state index in [1.165, 1.54) is 16.9 Å². The summed E-state index contributed by atoms with van der Waals surface area (Å²) >= 11 is 0. The summed E-state index contributed by atoms with van der Waals surface area (Å²) in [4.78, 5) is 11.5. The largest absolute Gasteiger partial charge is 0.394 e. The fraction of sp³-hybridized carbons (Fsp3) is 0.0909. The summed E-state index contributed by atoms with van der Waals surface area (Å²) in [5.74, 6) is 0. The first kappa shape index (κ1) is 9.45. The molecule has 4 nitrogen and oxygen atoms in total. The van der Waals surface area contributed by atoms with Gasteiger partial charge in [0.2, 0.25) is 0 Å². The number of nitrogens with zero attached hydrogens (tertiary/aromatic N) is 2. The van der Waals surface area contributed by atoms with Crippen LogP contribution in [0.15, 0.2) is 47.4 Å². The van der Waals surface area contributed by atoms with Crippen molar-refractivity contribution < 1.29 is 0 Å². The maximum atomic E-state index is 11.5. The average Bonchev–Trinajstić information content (AvgIpc) is 2.26. The number of anilines is 1. The monoisotopic (exact) mass is 201 g/mol. The molecule has 76 valence electrons. The molecule has 0 aliphatic carbocycles. The standard InChI is InChI=1S/C11H11N3O/c12-10-6-7-13-14(11(10)15)8-9-4-2-1-3-5-9/h1-7H,8,12H2. The van der Waals surface area contributed by atoms with Gasteiger partial charge in [-0.15, -0.1) is 0 Å². The Kier molecular flexibility index (Phi) is 2.49. The van der Waals surface area contributed by atoms with Crippen LogP contribution >= 0.6 is 0 Å². The van der Waals surface area contributed by atoms with Gasteiger partial charge in [0, 0.05) is 6.20 Å². The number of hydrogen-bond acceptors (Lipinski definition) is 3. The Morgan fingerprint density at radius 1 is 1.20 bits per heavy atom. The fourth-order valence-corrected chi connectivity index (χ4v) is 1.34. The molecule has 0 spiro atoms. The van der Waals surface area contributed by atoms with Crippen molar-refractivity contribution in [2.75, 3.05) is 5.73 Å². The van der Waals surface area contributed by atoms with E-state index in [0.29, 0.717) is 6.54 Å². The zero-order valence-electron chi connectivity index (χ0n) is 8.13. The smallest absolute Gasteiger partial charge is 0.290 e. The third-order valence-corrected chi connectivity index (χ3v) is 2.12. The average molecular weight is 201 g/mol. The predicted octanol–water partition coefficient (Wildman–Crippen LogP) is 0.874. The van der Waals surface area contributed by atoms with Crippen LogP contribution in [0.25, 0.3) is 0 Å². The SMILES string of the molecule is Nc1ccnn(Cc2ccccc2)c1=O. The van der Waals surface area contributed by atoms with Crippen LogP contribution in [0.4, 0.5) is 5.69 Å². The van der Waals surface area contributed by atoms with Crippen LogP contribution in [0, 0.1) is 0 Å². The molecular weight excluding hydrogens is 190 g/mol. The lowest BCUT2D eigenvalue weighted by atomic mass is 10.2. The zero-order valence-corrected chi connectivity index (χ0v) is 8.13. The lowest BCUT2D eigenvalue weighted by molar-refractivity contribution is 0.641. The minimum Gasteiger partial charge on any atom is -0.394 e. The van der Waals surface area contributed by atoms with Gasteiger partial charge in [-0.1, -0.05) is 30.3 Å². The molecule has 1 aromatic carbocycles. The van der Waals surface area contributed by atoms with E-state index >= 15 is 0 Å². The second-order valence-corrected chi connectivity index (χ2v) is 3.23. The van der Waals surface area contributed by atoms with Crippen LogP contribution in [0.1, 0.15) is 5.56 Å². The van der Waals surface area contributed by atoms with Crippen molar-refractivity contribution in [1.29, 1.82) is 0 Å². The molecule has 4 heteroatoms. The molecule has 0 atom stereocenters. The number of nitrogens with two attached hydrogens (primary N) is 1. The van der Waals surface area contributed by atoms with E-state index in [4.69, 9.17) is 5.73 Å². The highest BCUT2D eigenvalue weighted by Crippen LogP contribution is 1.99. The number of rotatable bonds is 2. The number of benzene rings is 1. The highest BCUT2D eigenvalue weighted by Gasteiger charge is 2.00. The lowest BCUT2D eigenvalue weighted by Gasteiger charge is -2.04. The van der Waals surface area contributed by atoms with Gasteiger partial charge in [-0.3, -0.25) is 4.79 Å². The number of nitrogen functional groups attached to an aromatic ring is 1. The van der Waals surface area contributed by atoms with Crippen molar-refractivity contribution in [1.82, 2.24) is 9.78 Å². The Morgan fingerprint density at radius 3 is 2.67 bits per heavy atom. The van der Waals surface area contributed by atoms with Gasteiger partial charge in [0.1, 0.15) is 5.69 Å². The van der Waals surface area contributed by atoms with E-state index in [2.05, 4.69) is 5.10 Å². The lowest BCUT2D eigenvalue weighted by Crippen LogP contribution is -2.25. The van der Waals surface area contributed by atoms with Gasteiger partial charge in [0.05, 0.1) is 6.54 Å². The summed E-state index contributed by atoms with van der Waals surface area (Å²) in [6, 6.07) is 11.2. The summed E-state index contributed by atoms with van der Waals surface area (Å²) < 4.78 is 1.35. The first-order valence-corrected chi connectivity index (χ1v) is 4.63. The van der Waals surface area contributed by atoms with Gasteiger partial charge in [-0.2, -0.15) is 5.10 Å². The van der Waals surface area contributed by atoms with Gasteiger partial charge < -0.3 is 5.73 Å². The molecule has 0 amide bonds. The summed E-state index contributed by atoms with van der Waals surface area (Å²) in [7, 11) is 0. The van der Waals surface area contributed by atoms with E-state index in [-0.39, 0.29) is 11.2 Å². The van der Waals surface area contributed by atoms with E-state index in [0.717, 1.165) is 5.56 Å². The Bertz CT molecular complexity index is 505. The Labute approximate surface area is 87.0 Å². The van der Waals surface area contributed by atoms with E-state index in [1.54, 1.807) is 0 Å². The number of aromatic nitrogens is 2. The zero-order chi connectivity index (χ0) is 10.7.